The van der Waals surface area contributed by atoms with E-state index in [1.54, 1.807) is 4.80 Å². The molecule has 84 valence electrons. The molecule has 5 nitrogen and oxygen atoms in total. The van der Waals surface area contributed by atoms with Gasteiger partial charge in [-0.1, -0.05) is 12.1 Å². The summed E-state index contributed by atoms with van der Waals surface area (Å²) in [7, 11) is 0. The molecule has 2 N–H and O–H groups in total. The van der Waals surface area contributed by atoms with Gasteiger partial charge in [0.1, 0.15) is 11.0 Å². The fourth-order valence-electron chi connectivity index (χ4n) is 1.54. The molecule has 0 fully saturated rings. The topological polar surface area (TPSA) is 73.8 Å². The summed E-state index contributed by atoms with van der Waals surface area (Å²) in [6.07, 6.45) is 1.02. The molecule has 0 spiro atoms. The molecule has 0 radical (unpaired) electrons. The maximum atomic E-state index is 10.7. The highest BCUT2D eigenvalue weighted by atomic mass is 16.1. The summed E-state index contributed by atoms with van der Waals surface area (Å²) < 4.78 is 0. The highest BCUT2D eigenvalue weighted by Gasteiger charge is 2.10. The Bertz CT molecular complexity index is 472. The summed E-state index contributed by atoms with van der Waals surface area (Å²) in [5.41, 5.74) is 6.84. The van der Waals surface area contributed by atoms with Crippen molar-refractivity contribution in [2.75, 3.05) is 0 Å². The minimum Gasteiger partial charge on any atom is -0.370 e. The molecular weight excluding hydrogens is 204 g/mol. The Morgan fingerprint density at radius 1 is 1.38 bits per heavy atom. The van der Waals surface area contributed by atoms with E-state index in [4.69, 9.17) is 5.73 Å². The maximum absolute atomic E-state index is 10.7. The Morgan fingerprint density at radius 2 is 1.94 bits per heavy atom. The molecule has 16 heavy (non-hydrogen) atoms. The average molecular weight is 218 g/mol. The van der Waals surface area contributed by atoms with Gasteiger partial charge in [0.25, 0.3) is 0 Å². The first kappa shape index (κ1) is 10.6. The molecule has 0 aliphatic heterocycles. The molecule has 0 saturated heterocycles. The quantitative estimate of drug-likeness (QED) is 0.839. The van der Waals surface area contributed by atoms with E-state index < -0.39 is 0 Å². The highest BCUT2D eigenvalue weighted by molar-refractivity contribution is 5.74. The Morgan fingerprint density at radius 3 is 2.44 bits per heavy atom. The van der Waals surface area contributed by atoms with Gasteiger partial charge < -0.3 is 5.73 Å². The highest BCUT2D eigenvalue weighted by Crippen LogP contribution is 2.14. The first-order valence-corrected chi connectivity index (χ1v) is 5.26. The Kier molecular flexibility index (Phi) is 2.85. The number of hydrogen-bond acceptors (Lipinski definition) is 3. The van der Waals surface area contributed by atoms with Gasteiger partial charge in [-0.2, -0.15) is 15.0 Å². The van der Waals surface area contributed by atoms with Crippen LogP contribution in [0.4, 0.5) is 0 Å². The molecule has 1 aromatic heterocycles. The summed E-state index contributed by atoms with van der Waals surface area (Å²) in [4.78, 5) is 12.3. The van der Waals surface area contributed by atoms with E-state index in [1.165, 1.54) is 0 Å². The third-order valence-corrected chi connectivity index (χ3v) is 2.50. The molecular formula is C11H14N4O. The third-order valence-electron chi connectivity index (χ3n) is 2.50. The number of carbonyl (C=O) groups is 1. The monoisotopic (exact) mass is 218 g/mol. The molecule has 1 atom stereocenters. The predicted molar refractivity (Wildman–Crippen MR) is 60.7 cm³/mol. The van der Waals surface area contributed by atoms with Crippen molar-refractivity contribution in [2.24, 2.45) is 5.73 Å². The number of fused-ring (bicyclic) bond motifs is 1. The molecule has 1 heterocycles. The number of nitrogens with two attached hydrogens (primary N) is 1. The van der Waals surface area contributed by atoms with Crippen LogP contribution >= 0.6 is 0 Å². The van der Waals surface area contributed by atoms with Crippen LogP contribution in [0.3, 0.4) is 0 Å². The molecule has 1 unspecified atom stereocenters. The number of benzene rings is 1. The van der Waals surface area contributed by atoms with Crippen LogP contribution in [0.25, 0.3) is 11.0 Å². The first-order chi connectivity index (χ1) is 7.66. The van der Waals surface area contributed by atoms with Crippen molar-refractivity contribution in [3.8, 4) is 0 Å². The van der Waals surface area contributed by atoms with Gasteiger partial charge >= 0.3 is 0 Å². The van der Waals surface area contributed by atoms with E-state index in [2.05, 4.69) is 10.2 Å². The van der Waals surface area contributed by atoms with Crippen LogP contribution in [0.15, 0.2) is 24.3 Å². The zero-order valence-corrected chi connectivity index (χ0v) is 9.13. The van der Waals surface area contributed by atoms with Crippen LogP contribution in [-0.2, 0) is 4.79 Å². The minimum absolute atomic E-state index is 0.0832. The SMILES string of the molecule is CC(CCC(N)=O)n1nc2ccccc2n1. The van der Waals surface area contributed by atoms with Crippen molar-refractivity contribution >= 4 is 16.9 Å². The maximum Gasteiger partial charge on any atom is 0.217 e. The van der Waals surface area contributed by atoms with Gasteiger partial charge in [-0.25, -0.2) is 0 Å². The fourth-order valence-corrected chi connectivity index (χ4v) is 1.54. The van der Waals surface area contributed by atoms with E-state index in [-0.39, 0.29) is 11.9 Å². The number of nitrogens with zero attached hydrogens (tertiary/aromatic N) is 3. The van der Waals surface area contributed by atoms with Crippen molar-refractivity contribution in [3.05, 3.63) is 24.3 Å². The normalized spacial score (nSPS) is 12.8. The lowest BCUT2D eigenvalue weighted by Crippen LogP contribution is -2.15. The lowest BCUT2D eigenvalue weighted by Gasteiger charge is -2.08. The van der Waals surface area contributed by atoms with Gasteiger partial charge in [-0.15, -0.1) is 0 Å². The summed E-state index contributed by atoms with van der Waals surface area (Å²) >= 11 is 0. The van der Waals surface area contributed by atoms with Crippen LogP contribution in [0.1, 0.15) is 25.8 Å². The Balaban J connectivity index is 2.16. The number of primary amides is 1. The molecule has 2 rings (SSSR count). The lowest BCUT2D eigenvalue weighted by atomic mass is 10.2. The van der Waals surface area contributed by atoms with Gasteiger partial charge in [0.05, 0.1) is 6.04 Å². The summed E-state index contributed by atoms with van der Waals surface area (Å²) in [5.74, 6) is -0.288. The molecule has 2 aromatic rings. The lowest BCUT2D eigenvalue weighted by molar-refractivity contribution is -0.118. The standard InChI is InChI=1S/C11H14N4O/c1-8(6-7-11(12)16)15-13-9-4-2-3-5-10(9)14-15/h2-5,8H,6-7H2,1H3,(H2,12,16). The van der Waals surface area contributed by atoms with Crippen molar-refractivity contribution in [2.45, 2.75) is 25.8 Å². The minimum atomic E-state index is -0.288. The van der Waals surface area contributed by atoms with Gasteiger partial charge in [0, 0.05) is 6.42 Å². The van der Waals surface area contributed by atoms with Gasteiger partial charge in [0.2, 0.25) is 5.91 Å². The molecule has 1 amide bonds. The Hall–Kier alpha value is -1.91. The summed E-state index contributed by atoms with van der Waals surface area (Å²) in [5, 5.41) is 8.69. The fraction of sp³-hybridized carbons (Fsp3) is 0.364. The summed E-state index contributed by atoms with van der Waals surface area (Å²) in [6, 6.07) is 7.77. The molecule has 0 aliphatic rings. The Labute approximate surface area is 93.2 Å². The van der Waals surface area contributed by atoms with Crippen LogP contribution < -0.4 is 5.73 Å². The number of amides is 1. The van der Waals surface area contributed by atoms with Crippen LogP contribution in [-0.4, -0.2) is 20.9 Å². The first-order valence-electron chi connectivity index (χ1n) is 5.26. The van der Waals surface area contributed by atoms with E-state index in [1.807, 2.05) is 31.2 Å². The largest absolute Gasteiger partial charge is 0.370 e. The molecule has 5 heteroatoms. The predicted octanol–water partition coefficient (Wildman–Crippen LogP) is 1.26. The van der Waals surface area contributed by atoms with E-state index in [9.17, 15) is 4.79 Å². The molecule has 0 bridgehead atoms. The smallest absolute Gasteiger partial charge is 0.217 e. The van der Waals surface area contributed by atoms with E-state index in [0.29, 0.717) is 12.8 Å². The van der Waals surface area contributed by atoms with Crippen LogP contribution in [0, 0.1) is 0 Å². The van der Waals surface area contributed by atoms with Crippen molar-refractivity contribution < 1.29 is 4.79 Å². The average Bonchev–Trinajstić information content (AvgIpc) is 2.69. The number of rotatable bonds is 4. The number of hydrogen-bond donors (Lipinski definition) is 1. The van der Waals surface area contributed by atoms with Crippen molar-refractivity contribution in [3.63, 3.8) is 0 Å². The van der Waals surface area contributed by atoms with Gasteiger partial charge in [-0.05, 0) is 25.5 Å². The van der Waals surface area contributed by atoms with E-state index in [0.717, 1.165) is 11.0 Å². The van der Waals surface area contributed by atoms with Crippen LogP contribution in [0.2, 0.25) is 0 Å². The second-order valence-electron chi connectivity index (χ2n) is 3.86. The van der Waals surface area contributed by atoms with Gasteiger partial charge in [0.15, 0.2) is 0 Å². The van der Waals surface area contributed by atoms with Crippen molar-refractivity contribution in [1.82, 2.24) is 15.0 Å². The zero-order valence-electron chi connectivity index (χ0n) is 9.13. The second kappa shape index (κ2) is 4.30. The zero-order chi connectivity index (χ0) is 11.5. The number of carbonyl (C=O) groups excluding carboxylic acids is 1. The van der Waals surface area contributed by atoms with Crippen molar-refractivity contribution in [1.29, 1.82) is 0 Å². The number of aromatic nitrogens is 3. The molecule has 1 aromatic carbocycles. The molecule has 0 aliphatic carbocycles. The van der Waals surface area contributed by atoms with E-state index >= 15 is 0 Å². The second-order valence-corrected chi connectivity index (χ2v) is 3.86. The summed E-state index contributed by atoms with van der Waals surface area (Å²) in [6.45, 7) is 1.97. The van der Waals surface area contributed by atoms with Crippen LogP contribution in [0.5, 0.6) is 0 Å². The van der Waals surface area contributed by atoms with Gasteiger partial charge in [-0.3, -0.25) is 4.79 Å². The third kappa shape index (κ3) is 2.18. The molecule has 0 saturated carbocycles.